The quantitative estimate of drug-likeness (QED) is 0.664. The second-order valence-electron chi connectivity index (χ2n) is 5.92. The minimum absolute atomic E-state index is 0.193. The highest BCUT2D eigenvalue weighted by Crippen LogP contribution is 2.27. The molecule has 0 saturated heterocycles. The summed E-state index contributed by atoms with van der Waals surface area (Å²) in [5, 5.41) is 6.40. The van der Waals surface area contributed by atoms with Crippen LogP contribution in [0, 0.1) is 6.92 Å². The molecule has 0 spiro atoms. The summed E-state index contributed by atoms with van der Waals surface area (Å²) < 4.78 is 5.22. The molecule has 6 nitrogen and oxygen atoms in total. The molecule has 0 aliphatic heterocycles. The largest absolute Gasteiger partial charge is 0.495 e. The summed E-state index contributed by atoms with van der Waals surface area (Å²) in [5.74, 6) is 0.706. The van der Waals surface area contributed by atoms with Gasteiger partial charge in [0.05, 0.1) is 25.2 Å². The van der Waals surface area contributed by atoms with Crippen LogP contribution in [0.1, 0.15) is 21.6 Å². The first-order chi connectivity index (χ1) is 13.0. The van der Waals surface area contributed by atoms with Gasteiger partial charge >= 0.3 is 0 Å². The minimum atomic E-state index is -0.395. The third-order valence-electron chi connectivity index (χ3n) is 3.89. The average molecular weight is 383 g/mol. The molecule has 1 aromatic heterocycles. The number of ether oxygens (including phenoxy) is 1. The zero-order chi connectivity index (χ0) is 19.2. The van der Waals surface area contributed by atoms with E-state index < -0.39 is 5.91 Å². The number of amides is 1. The Kier molecular flexibility index (Phi) is 5.88. The van der Waals surface area contributed by atoms with Crippen molar-refractivity contribution in [3.05, 3.63) is 76.7 Å². The highest BCUT2D eigenvalue weighted by atomic mass is 35.5. The lowest BCUT2D eigenvalue weighted by Crippen LogP contribution is -2.15. The standard InChI is InChI=1S/C20H19ClN4O2/c1-13-3-5-14(6-4-13)10-23-19-12-22-17(11-24-19)20(26)25-16-9-15(21)7-8-18(16)27-2/h3-9,11-12H,10H2,1-2H3,(H,23,24)(H,25,26). The monoisotopic (exact) mass is 382 g/mol. The maximum atomic E-state index is 12.4. The summed E-state index contributed by atoms with van der Waals surface area (Å²) in [6.45, 7) is 2.67. The molecular weight excluding hydrogens is 364 g/mol. The second kappa shape index (κ2) is 8.51. The lowest BCUT2D eigenvalue weighted by molar-refractivity contribution is 0.102. The van der Waals surface area contributed by atoms with Crippen LogP contribution in [0.25, 0.3) is 0 Å². The van der Waals surface area contributed by atoms with Crippen LogP contribution in [0.15, 0.2) is 54.9 Å². The van der Waals surface area contributed by atoms with E-state index in [4.69, 9.17) is 16.3 Å². The first kappa shape index (κ1) is 18.7. The van der Waals surface area contributed by atoms with E-state index in [0.717, 1.165) is 5.56 Å². The van der Waals surface area contributed by atoms with Crippen molar-refractivity contribution in [1.82, 2.24) is 9.97 Å². The van der Waals surface area contributed by atoms with E-state index in [2.05, 4.69) is 44.9 Å². The smallest absolute Gasteiger partial charge is 0.275 e. The van der Waals surface area contributed by atoms with Crippen LogP contribution in [0.4, 0.5) is 11.5 Å². The Morgan fingerprint density at radius 2 is 1.89 bits per heavy atom. The van der Waals surface area contributed by atoms with Gasteiger partial charge in [0.2, 0.25) is 0 Å². The van der Waals surface area contributed by atoms with Gasteiger partial charge in [-0.25, -0.2) is 9.97 Å². The predicted octanol–water partition coefficient (Wildman–Crippen LogP) is 4.31. The van der Waals surface area contributed by atoms with Crippen LogP contribution in [0.2, 0.25) is 5.02 Å². The number of carbonyl (C=O) groups is 1. The topological polar surface area (TPSA) is 76.1 Å². The highest BCUT2D eigenvalue weighted by Gasteiger charge is 2.12. The fourth-order valence-electron chi connectivity index (χ4n) is 2.40. The number of nitrogens with one attached hydrogen (secondary N) is 2. The van der Waals surface area contributed by atoms with Crippen molar-refractivity contribution >= 4 is 29.0 Å². The second-order valence-corrected chi connectivity index (χ2v) is 6.36. The number of nitrogens with zero attached hydrogens (tertiary/aromatic N) is 2. The number of benzene rings is 2. The highest BCUT2D eigenvalue weighted by molar-refractivity contribution is 6.31. The van der Waals surface area contributed by atoms with Gasteiger partial charge in [0.1, 0.15) is 17.3 Å². The van der Waals surface area contributed by atoms with Crippen molar-refractivity contribution in [2.45, 2.75) is 13.5 Å². The maximum absolute atomic E-state index is 12.4. The van der Waals surface area contributed by atoms with Crippen LogP contribution in [-0.2, 0) is 6.54 Å². The fraction of sp³-hybridized carbons (Fsp3) is 0.150. The molecule has 138 valence electrons. The molecule has 3 aromatic rings. The molecular formula is C20H19ClN4O2. The molecule has 0 aliphatic rings. The Morgan fingerprint density at radius 1 is 1.11 bits per heavy atom. The average Bonchev–Trinajstić information content (AvgIpc) is 2.68. The lowest BCUT2D eigenvalue weighted by Gasteiger charge is -2.10. The Morgan fingerprint density at radius 3 is 2.56 bits per heavy atom. The number of aromatic nitrogens is 2. The zero-order valence-electron chi connectivity index (χ0n) is 15.0. The van der Waals surface area contributed by atoms with Crippen molar-refractivity contribution < 1.29 is 9.53 Å². The van der Waals surface area contributed by atoms with E-state index in [0.29, 0.717) is 28.8 Å². The summed E-state index contributed by atoms with van der Waals surface area (Å²) >= 11 is 5.97. The summed E-state index contributed by atoms with van der Waals surface area (Å²) in [7, 11) is 1.52. The van der Waals surface area contributed by atoms with Crippen molar-refractivity contribution in [2.24, 2.45) is 0 Å². The number of methoxy groups -OCH3 is 1. The molecule has 7 heteroatoms. The van der Waals surface area contributed by atoms with Gasteiger partial charge in [0.25, 0.3) is 5.91 Å². The van der Waals surface area contributed by atoms with Crippen LogP contribution < -0.4 is 15.4 Å². The van der Waals surface area contributed by atoms with Crippen molar-refractivity contribution in [3.8, 4) is 5.75 Å². The predicted molar refractivity (Wildman–Crippen MR) is 106 cm³/mol. The number of anilines is 2. The Labute approximate surface area is 162 Å². The minimum Gasteiger partial charge on any atom is -0.495 e. The molecule has 0 radical (unpaired) electrons. The third kappa shape index (κ3) is 4.95. The first-order valence-electron chi connectivity index (χ1n) is 8.31. The summed E-state index contributed by atoms with van der Waals surface area (Å²) in [6.07, 6.45) is 2.95. The van der Waals surface area contributed by atoms with Gasteiger partial charge in [-0.05, 0) is 30.7 Å². The van der Waals surface area contributed by atoms with Gasteiger partial charge < -0.3 is 15.4 Å². The van der Waals surface area contributed by atoms with Crippen molar-refractivity contribution in [3.63, 3.8) is 0 Å². The van der Waals surface area contributed by atoms with Gasteiger partial charge in [-0.1, -0.05) is 41.4 Å². The maximum Gasteiger partial charge on any atom is 0.275 e. The number of carbonyl (C=O) groups excluding carboxylic acids is 1. The number of hydrogen-bond acceptors (Lipinski definition) is 5. The molecule has 27 heavy (non-hydrogen) atoms. The van der Waals surface area contributed by atoms with E-state index in [9.17, 15) is 4.79 Å². The number of halogens is 1. The van der Waals surface area contributed by atoms with Crippen LogP contribution in [0.3, 0.4) is 0 Å². The van der Waals surface area contributed by atoms with Gasteiger partial charge in [-0.2, -0.15) is 0 Å². The van der Waals surface area contributed by atoms with Gasteiger partial charge in [-0.3, -0.25) is 4.79 Å². The molecule has 0 saturated carbocycles. The summed E-state index contributed by atoms with van der Waals surface area (Å²) in [4.78, 5) is 20.8. The van der Waals surface area contributed by atoms with Gasteiger partial charge in [0.15, 0.2) is 0 Å². The van der Waals surface area contributed by atoms with E-state index in [-0.39, 0.29) is 5.69 Å². The normalized spacial score (nSPS) is 10.3. The van der Waals surface area contributed by atoms with E-state index in [1.54, 1.807) is 18.2 Å². The molecule has 2 aromatic carbocycles. The van der Waals surface area contributed by atoms with Crippen molar-refractivity contribution in [2.75, 3.05) is 17.7 Å². The fourth-order valence-corrected chi connectivity index (χ4v) is 2.57. The molecule has 1 amide bonds. The Balaban J connectivity index is 1.63. The number of rotatable bonds is 6. The summed E-state index contributed by atoms with van der Waals surface area (Å²) in [6, 6.07) is 13.2. The van der Waals surface area contributed by atoms with E-state index >= 15 is 0 Å². The third-order valence-corrected chi connectivity index (χ3v) is 4.12. The zero-order valence-corrected chi connectivity index (χ0v) is 15.7. The van der Waals surface area contributed by atoms with Gasteiger partial charge in [-0.15, -0.1) is 0 Å². The molecule has 0 fully saturated rings. The lowest BCUT2D eigenvalue weighted by atomic mass is 10.1. The number of aryl methyl sites for hydroxylation is 1. The van der Waals surface area contributed by atoms with E-state index in [1.807, 2.05) is 6.92 Å². The Bertz CT molecular complexity index is 928. The van der Waals surface area contributed by atoms with Crippen LogP contribution >= 0.6 is 11.6 Å². The van der Waals surface area contributed by atoms with Crippen molar-refractivity contribution in [1.29, 1.82) is 0 Å². The summed E-state index contributed by atoms with van der Waals surface area (Å²) in [5.41, 5.74) is 3.01. The molecule has 1 heterocycles. The SMILES string of the molecule is COc1ccc(Cl)cc1NC(=O)c1cnc(NCc2ccc(C)cc2)cn1. The van der Waals surface area contributed by atoms with E-state index in [1.165, 1.54) is 25.1 Å². The molecule has 3 rings (SSSR count). The molecule has 0 atom stereocenters. The molecule has 0 aliphatic carbocycles. The molecule has 2 N–H and O–H groups in total. The molecule has 0 bridgehead atoms. The van der Waals surface area contributed by atoms with Gasteiger partial charge in [0, 0.05) is 11.6 Å². The Hall–Kier alpha value is -3.12. The van der Waals surface area contributed by atoms with Crippen LogP contribution in [-0.4, -0.2) is 23.0 Å². The number of hydrogen-bond donors (Lipinski definition) is 2. The first-order valence-corrected chi connectivity index (χ1v) is 8.69. The van der Waals surface area contributed by atoms with Crippen LogP contribution in [0.5, 0.6) is 5.75 Å². The molecule has 0 unspecified atom stereocenters.